The summed E-state index contributed by atoms with van der Waals surface area (Å²) in [6.07, 6.45) is 9.16. The van der Waals surface area contributed by atoms with Crippen molar-refractivity contribution in [3.63, 3.8) is 0 Å². The molecular formula is C57H89N15O22P4S3. The largest absolute Gasteiger partial charge is 0.472 e. The first-order chi connectivity index (χ1) is 48.2. The molecule has 44 heteroatoms. The third-order valence-corrected chi connectivity index (χ3v) is 24.8. The second kappa shape index (κ2) is 35.1. The molecule has 0 amide bonds. The number of carbonyl (C=O) groups excluding carboxylic acids is 1. The van der Waals surface area contributed by atoms with Gasteiger partial charge in [0.1, 0.15) is 96.6 Å². The standard InChI is InChI=1S/C57H89N15O22P4S3/c1-5-6-7-8-9-10-11-12-13-14-15-16-17-18-19-56(2,3)55(75)84-24-25-101-96(78,79)94-45-44-54(72-34-69-39-48(60)63-31-66-51(39)72)91-57(45,20-22-83-44)28-88-98(81,100)92-42-40(74)35(89-52(42)70-32-67-37-46(58)61-29-64-49(37)70)26-87-97(80,99)93-43-41(82-4)36(27-86-95(76,77)85-23-21-73)90-53(43)71-33-68-38-47(59)62-30-65-50(38)71/h29-36,40-45,52-54,73-74H,5-28H2,1-4H3,(H,76,77)(H,78,79)(H,80,99)(H,81,100)(H2,58,61,64)(H2,59,62,65)(H2,60,63,66)/t35-,36-,40?,41?,42+,43+,44+,45?,52-,53-,54-,57+,97?,98?/m1/s1. The molecule has 10 heterocycles. The fourth-order valence-electron chi connectivity index (χ4n) is 12.6. The van der Waals surface area contributed by atoms with E-state index < -0.39 is 146 Å². The van der Waals surface area contributed by atoms with Crippen LogP contribution in [0.5, 0.6) is 0 Å². The summed E-state index contributed by atoms with van der Waals surface area (Å²) < 4.78 is 109. The number of anilines is 3. The van der Waals surface area contributed by atoms with Gasteiger partial charge in [-0.25, -0.2) is 54.0 Å². The summed E-state index contributed by atoms with van der Waals surface area (Å²) in [7, 11) is -3.51. The molecule has 562 valence electrons. The molecule has 2 bridgehead atoms. The fraction of sp³-hybridized carbons (Fsp3) is 0.719. The minimum absolute atomic E-state index is 0.00218. The van der Waals surface area contributed by atoms with Crippen molar-refractivity contribution in [3.8, 4) is 0 Å². The number of hydrogen-bond donors (Lipinski definition) is 9. The Hall–Kier alpha value is -4.09. The lowest BCUT2D eigenvalue weighted by molar-refractivity contribution is -0.153. The third kappa shape index (κ3) is 19.8. The van der Waals surface area contributed by atoms with E-state index in [1.807, 2.05) is 13.8 Å². The Bertz CT molecular complexity index is 3950. The summed E-state index contributed by atoms with van der Waals surface area (Å²) >= 11 is 11.8. The van der Waals surface area contributed by atoms with Gasteiger partial charge in [-0.3, -0.25) is 41.1 Å². The Balaban J connectivity index is 0.810. The average molecular weight is 1560 g/mol. The molecule has 10 rings (SSSR count). The number of nitrogen functional groups attached to an aromatic ring is 3. The molecule has 0 spiro atoms. The molecule has 0 aromatic carbocycles. The predicted octanol–water partition coefficient (Wildman–Crippen LogP) is 6.50. The highest BCUT2D eigenvalue weighted by Crippen LogP contribution is 2.62. The number of rotatable bonds is 42. The van der Waals surface area contributed by atoms with Gasteiger partial charge < -0.3 is 84.5 Å². The highest BCUT2D eigenvalue weighted by Gasteiger charge is 2.63. The number of aliphatic hydroxyl groups excluding tert-OH is 2. The zero-order chi connectivity index (χ0) is 72.3. The summed E-state index contributed by atoms with van der Waals surface area (Å²) in [5, 5.41) is 21.5. The van der Waals surface area contributed by atoms with Crippen LogP contribution in [0.15, 0.2) is 38.0 Å². The van der Waals surface area contributed by atoms with Crippen LogP contribution in [-0.2, 0) is 97.6 Å². The monoisotopic (exact) mass is 1560 g/mol. The Morgan fingerprint density at radius 3 is 1.69 bits per heavy atom. The zero-order valence-electron chi connectivity index (χ0n) is 56.1. The average Bonchev–Trinajstić information content (AvgIpc) is 1.58. The number of nitrogens with two attached hydrogens (primary N) is 3. The molecule has 6 aromatic rings. The maximum atomic E-state index is 14.3. The number of methoxy groups -OCH3 is 1. The minimum Gasteiger partial charge on any atom is -0.464 e. The number of aliphatic hydroxyl groups is 2. The van der Waals surface area contributed by atoms with Gasteiger partial charge in [-0.2, -0.15) is 0 Å². The lowest BCUT2D eigenvalue weighted by Crippen LogP contribution is -2.52. The molecule has 0 radical (unpaired) electrons. The number of esters is 1. The Kier molecular flexibility index (Phi) is 27.6. The second-order valence-electron chi connectivity index (χ2n) is 25.4. The van der Waals surface area contributed by atoms with Crippen LogP contribution in [0.1, 0.15) is 142 Å². The molecule has 4 aliphatic rings. The Morgan fingerprint density at radius 2 is 1.15 bits per heavy atom. The summed E-state index contributed by atoms with van der Waals surface area (Å²) in [6.45, 7) is -11.6. The fourth-order valence-corrected chi connectivity index (χ4v) is 18.5. The van der Waals surface area contributed by atoms with Crippen molar-refractivity contribution >= 4 is 120 Å². The molecule has 4 aliphatic heterocycles. The molecule has 4 saturated heterocycles. The predicted molar refractivity (Wildman–Crippen MR) is 371 cm³/mol. The summed E-state index contributed by atoms with van der Waals surface area (Å²) in [5.74, 6) is -0.560. The second-order valence-corrected chi connectivity index (χ2v) is 36.4. The molecule has 0 aliphatic carbocycles. The van der Waals surface area contributed by atoms with E-state index >= 15 is 0 Å². The number of hydrogen-bond acceptors (Lipinski definition) is 33. The maximum absolute atomic E-state index is 14.3. The van der Waals surface area contributed by atoms with E-state index in [0.29, 0.717) is 17.8 Å². The number of aromatic nitrogens is 12. The van der Waals surface area contributed by atoms with Crippen LogP contribution in [-0.4, -0.2) is 208 Å². The van der Waals surface area contributed by atoms with E-state index in [9.17, 15) is 43.7 Å². The van der Waals surface area contributed by atoms with E-state index in [4.69, 9.17) is 101 Å². The summed E-state index contributed by atoms with van der Waals surface area (Å²) in [5.41, 5.74) is 16.7. The van der Waals surface area contributed by atoms with Crippen molar-refractivity contribution in [1.82, 2.24) is 58.6 Å². The maximum Gasteiger partial charge on any atom is 0.472 e. The van der Waals surface area contributed by atoms with Gasteiger partial charge in [-0.05, 0) is 55.3 Å². The topological polar surface area (TPSA) is 501 Å². The van der Waals surface area contributed by atoms with Crippen molar-refractivity contribution in [2.75, 3.05) is 76.3 Å². The first-order valence-electron chi connectivity index (χ1n) is 33.2. The summed E-state index contributed by atoms with van der Waals surface area (Å²) in [6, 6.07) is 0. The van der Waals surface area contributed by atoms with Crippen LogP contribution in [0, 0.1) is 5.41 Å². The van der Waals surface area contributed by atoms with Gasteiger partial charge in [0.25, 0.3) is 0 Å². The van der Waals surface area contributed by atoms with Gasteiger partial charge in [0.2, 0.25) is 0 Å². The zero-order valence-corrected chi connectivity index (χ0v) is 62.1. The lowest BCUT2D eigenvalue weighted by atomic mass is 9.87. The van der Waals surface area contributed by atoms with E-state index in [2.05, 4.69) is 51.8 Å². The van der Waals surface area contributed by atoms with Gasteiger partial charge in [0.15, 0.2) is 53.1 Å². The first-order valence-corrected chi connectivity index (χ1v) is 43.0. The number of imidazole rings is 3. The van der Waals surface area contributed by atoms with E-state index in [0.717, 1.165) is 38.3 Å². The number of carbonyl (C=O) groups is 1. The molecule has 7 unspecified atom stereocenters. The Morgan fingerprint density at radius 1 is 0.653 bits per heavy atom. The van der Waals surface area contributed by atoms with Crippen LogP contribution >= 0.6 is 39.4 Å². The van der Waals surface area contributed by atoms with E-state index in [-0.39, 0.29) is 76.3 Å². The lowest BCUT2D eigenvalue weighted by Gasteiger charge is -2.39. The molecule has 12 N–H and O–H groups in total. The molecule has 101 heavy (non-hydrogen) atoms. The van der Waals surface area contributed by atoms with Crippen molar-refractivity contribution < 1.29 is 104 Å². The van der Waals surface area contributed by atoms with E-state index in [1.165, 1.54) is 110 Å². The van der Waals surface area contributed by atoms with Crippen LogP contribution < -0.4 is 17.2 Å². The van der Waals surface area contributed by atoms with Crippen molar-refractivity contribution in [3.05, 3.63) is 38.0 Å². The number of fused-ring (bicyclic) bond motifs is 5. The number of unbranched alkanes of at least 4 members (excludes halogenated alkanes) is 13. The number of nitrogens with zero attached hydrogens (tertiary/aromatic N) is 12. The first kappa shape index (κ1) is 79.5. The molecular weight excluding hydrogens is 1470 g/mol. The number of phosphoric ester groups is 1. The van der Waals surface area contributed by atoms with Gasteiger partial charge in [0, 0.05) is 19.3 Å². The van der Waals surface area contributed by atoms with E-state index in [1.54, 1.807) is 0 Å². The van der Waals surface area contributed by atoms with Gasteiger partial charge in [-0.1, -0.05) is 96.8 Å². The minimum atomic E-state index is -4.76. The van der Waals surface area contributed by atoms with Crippen LogP contribution in [0.25, 0.3) is 33.5 Å². The van der Waals surface area contributed by atoms with Gasteiger partial charge in [0.05, 0.1) is 64.0 Å². The number of phosphoric acid groups is 1. The van der Waals surface area contributed by atoms with Crippen LogP contribution in [0.2, 0.25) is 0 Å². The van der Waals surface area contributed by atoms with Crippen LogP contribution in [0.4, 0.5) is 17.5 Å². The Labute approximate surface area is 595 Å². The molecule has 0 saturated carbocycles. The quantitative estimate of drug-likeness (QED) is 0.0112. The normalized spacial score (nSPS) is 27.1. The van der Waals surface area contributed by atoms with Crippen LogP contribution in [0.3, 0.4) is 0 Å². The highest BCUT2D eigenvalue weighted by atomic mass is 32.7. The molecule has 6 aromatic heterocycles. The van der Waals surface area contributed by atoms with Crippen molar-refractivity contribution in [2.24, 2.45) is 5.41 Å². The summed E-state index contributed by atoms with van der Waals surface area (Å²) in [4.78, 5) is 97.5. The molecule has 16 atom stereocenters. The molecule has 37 nitrogen and oxygen atoms in total. The highest BCUT2D eigenvalue weighted by molar-refractivity contribution is 8.54. The smallest absolute Gasteiger partial charge is 0.464 e. The molecule has 4 fully saturated rings. The van der Waals surface area contributed by atoms with Gasteiger partial charge >= 0.3 is 34.0 Å². The van der Waals surface area contributed by atoms with Gasteiger partial charge in [-0.15, -0.1) is 0 Å². The number of ether oxygens (including phenoxy) is 6. The third-order valence-electron chi connectivity index (χ3n) is 17.8. The van der Waals surface area contributed by atoms with Crippen molar-refractivity contribution in [1.29, 1.82) is 0 Å². The van der Waals surface area contributed by atoms with Crippen molar-refractivity contribution in [2.45, 2.75) is 197 Å². The SMILES string of the molecule is CCCCCCCCCCCCCCCCC(C)(C)C(=O)OCCSP(=O)(O)OC1[C@@H]2OCC[C@@]1(COP(O)(=S)O[C@H]1C(O)[C@@H](COP(O)(=S)O[C@H]3C(OC)[C@@H](COP(=O)(O)OCCO)O[C@H]3n3cnc4c(N)ncnc43)O[C@H]1n1cnc3c(N)ncnc31)O[C@H]2n1cnc2c(N)ncnc21.